The molecule has 0 radical (unpaired) electrons. The van der Waals surface area contributed by atoms with Gasteiger partial charge in [0.05, 0.1) is 0 Å². The van der Waals surface area contributed by atoms with Crippen LogP contribution in [0.2, 0.25) is 0 Å². The van der Waals surface area contributed by atoms with Crippen molar-refractivity contribution in [2.24, 2.45) is 0 Å². The van der Waals surface area contributed by atoms with Crippen molar-refractivity contribution in [3.05, 3.63) is 12.4 Å². The highest BCUT2D eigenvalue weighted by Crippen LogP contribution is 2.07. The smallest absolute Gasteiger partial charge is 0.131 e. The fraction of sp³-hybridized carbons (Fsp3) is 0.636. The maximum atomic E-state index is 5.55. The molecule has 5 heteroatoms. The van der Waals surface area contributed by atoms with E-state index >= 15 is 0 Å². The van der Waals surface area contributed by atoms with E-state index in [1.54, 1.807) is 6.07 Å². The zero-order valence-electron chi connectivity index (χ0n) is 9.78. The molecular formula is C11H20N4S. The van der Waals surface area contributed by atoms with E-state index in [0.717, 1.165) is 12.4 Å². The molecule has 16 heavy (non-hydrogen) atoms. The fourth-order valence-electron chi connectivity index (χ4n) is 1.41. The minimum Gasteiger partial charge on any atom is -0.384 e. The molecule has 4 nitrogen and oxygen atoms in total. The van der Waals surface area contributed by atoms with E-state index in [-0.39, 0.29) is 0 Å². The number of anilines is 2. The second-order valence-electron chi connectivity index (χ2n) is 3.66. The van der Waals surface area contributed by atoms with Crippen LogP contribution in [0.4, 0.5) is 11.6 Å². The predicted octanol–water partition coefficient (Wildman–Crippen LogP) is 2.39. The van der Waals surface area contributed by atoms with Crippen LogP contribution in [-0.2, 0) is 0 Å². The van der Waals surface area contributed by atoms with Gasteiger partial charge in [-0.1, -0.05) is 12.8 Å². The molecule has 0 spiro atoms. The maximum absolute atomic E-state index is 5.55. The summed E-state index contributed by atoms with van der Waals surface area (Å²) in [5.41, 5.74) is 5.55. The Kier molecular flexibility index (Phi) is 6.72. The molecule has 0 fully saturated rings. The molecule has 0 aliphatic heterocycles. The van der Waals surface area contributed by atoms with Gasteiger partial charge in [0.15, 0.2) is 0 Å². The summed E-state index contributed by atoms with van der Waals surface area (Å²) in [7, 11) is 0. The van der Waals surface area contributed by atoms with Crippen molar-refractivity contribution in [1.82, 2.24) is 9.97 Å². The van der Waals surface area contributed by atoms with Crippen molar-refractivity contribution < 1.29 is 0 Å². The van der Waals surface area contributed by atoms with E-state index < -0.39 is 0 Å². The van der Waals surface area contributed by atoms with Crippen LogP contribution in [0.15, 0.2) is 12.4 Å². The third kappa shape index (κ3) is 5.80. The van der Waals surface area contributed by atoms with E-state index in [1.807, 2.05) is 11.8 Å². The second kappa shape index (κ2) is 8.21. The molecule has 3 N–H and O–H groups in total. The Morgan fingerprint density at radius 2 is 2.06 bits per heavy atom. The van der Waals surface area contributed by atoms with Crippen molar-refractivity contribution in [1.29, 1.82) is 0 Å². The van der Waals surface area contributed by atoms with Gasteiger partial charge in [-0.3, -0.25) is 0 Å². The minimum atomic E-state index is 0.512. The van der Waals surface area contributed by atoms with Gasteiger partial charge in [0.2, 0.25) is 0 Å². The first-order valence-corrected chi connectivity index (χ1v) is 7.02. The Hall–Kier alpha value is -0.970. The number of nitrogens with two attached hydrogens (primary N) is 1. The van der Waals surface area contributed by atoms with Gasteiger partial charge in [-0.25, -0.2) is 9.97 Å². The lowest BCUT2D eigenvalue weighted by molar-refractivity contribution is 0.688. The van der Waals surface area contributed by atoms with Gasteiger partial charge < -0.3 is 11.1 Å². The van der Waals surface area contributed by atoms with Gasteiger partial charge in [-0.15, -0.1) is 0 Å². The summed E-state index contributed by atoms with van der Waals surface area (Å²) in [5.74, 6) is 2.60. The average Bonchev–Trinajstić information content (AvgIpc) is 2.28. The third-order valence-corrected chi connectivity index (χ3v) is 2.97. The monoisotopic (exact) mass is 240 g/mol. The zero-order valence-corrected chi connectivity index (χ0v) is 10.6. The zero-order chi connectivity index (χ0) is 11.6. The number of unbranched alkanes of at least 4 members (excludes halogenated alkanes) is 3. The Morgan fingerprint density at radius 1 is 1.25 bits per heavy atom. The summed E-state index contributed by atoms with van der Waals surface area (Å²) in [6, 6.07) is 1.76. The minimum absolute atomic E-state index is 0.512. The number of nitrogens with one attached hydrogen (secondary N) is 1. The lowest BCUT2D eigenvalue weighted by atomic mass is 10.2. The molecule has 0 bridgehead atoms. The molecule has 1 rings (SSSR count). The molecular weight excluding hydrogens is 220 g/mol. The predicted molar refractivity (Wildman–Crippen MR) is 71.8 cm³/mol. The molecule has 0 saturated carbocycles. The van der Waals surface area contributed by atoms with Crippen LogP contribution < -0.4 is 11.1 Å². The Balaban J connectivity index is 2.03. The Morgan fingerprint density at radius 3 is 2.81 bits per heavy atom. The van der Waals surface area contributed by atoms with E-state index in [0.29, 0.717) is 5.82 Å². The van der Waals surface area contributed by atoms with Crippen molar-refractivity contribution in [2.45, 2.75) is 25.7 Å². The summed E-state index contributed by atoms with van der Waals surface area (Å²) in [6.45, 7) is 0.954. The molecule has 0 aromatic carbocycles. The summed E-state index contributed by atoms with van der Waals surface area (Å²) in [5, 5.41) is 3.24. The summed E-state index contributed by atoms with van der Waals surface area (Å²) < 4.78 is 0. The van der Waals surface area contributed by atoms with E-state index in [1.165, 1.54) is 37.8 Å². The molecule has 0 aliphatic carbocycles. The normalized spacial score (nSPS) is 10.3. The van der Waals surface area contributed by atoms with Gasteiger partial charge in [0.25, 0.3) is 0 Å². The molecule has 1 aromatic rings. The van der Waals surface area contributed by atoms with Crippen LogP contribution in [0.1, 0.15) is 25.7 Å². The SMILES string of the molecule is CSCCCCCCNc1cc(N)ncn1. The third-order valence-electron chi connectivity index (χ3n) is 2.27. The van der Waals surface area contributed by atoms with E-state index in [4.69, 9.17) is 5.73 Å². The highest BCUT2D eigenvalue weighted by atomic mass is 32.2. The van der Waals surface area contributed by atoms with Gasteiger partial charge in [-0.2, -0.15) is 11.8 Å². The van der Waals surface area contributed by atoms with Crippen molar-refractivity contribution in [3.63, 3.8) is 0 Å². The lowest BCUT2D eigenvalue weighted by Crippen LogP contribution is -2.04. The average molecular weight is 240 g/mol. The van der Waals surface area contributed by atoms with Gasteiger partial charge >= 0.3 is 0 Å². The Bertz CT molecular complexity index is 293. The standard InChI is InChI=1S/C11H20N4S/c1-16-7-5-3-2-4-6-13-11-8-10(12)14-9-15-11/h8-9H,2-7H2,1H3,(H3,12,13,14,15). The van der Waals surface area contributed by atoms with Crippen LogP contribution >= 0.6 is 11.8 Å². The quantitative estimate of drug-likeness (QED) is 0.683. The molecule has 1 heterocycles. The number of nitrogen functional groups attached to an aromatic ring is 1. The maximum Gasteiger partial charge on any atom is 0.131 e. The van der Waals surface area contributed by atoms with Crippen molar-refractivity contribution >= 4 is 23.4 Å². The molecule has 0 unspecified atom stereocenters. The molecule has 90 valence electrons. The van der Waals surface area contributed by atoms with Gasteiger partial charge in [-0.05, 0) is 24.9 Å². The van der Waals surface area contributed by atoms with E-state index in [9.17, 15) is 0 Å². The topological polar surface area (TPSA) is 63.8 Å². The summed E-state index contributed by atoms with van der Waals surface area (Å²) >= 11 is 1.92. The van der Waals surface area contributed by atoms with Crippen LogP contribution in [0.3, 0.4) is 0 Å². The van der Waals surface area contributed by atoms with Crippen molar-refractivity contribution in [3.8, 4) is 0 Å². The highest BCUT2D eigenvalue weighted by Gasteiger charge is 1.94. The first-order valence-electron chi connectivity index (χ1n) is 5.63. The Labute approximate surface area is 101 Å². The number of aromatic nitrogens is 2. The van der Waals surface area contributed by atoms with Gasteiger partial charge in [0, 0.05) is 12.6 Å². The summed E-state index contributed by atoms with van der Waals surface area (Å²) in [6.07, 6.45) is 8.72. The molecule has 0 amide bonds. The van der Waals surface area contributed by atoms with E-state index in [2.05, 4.69) is 21.5 Å². The molecule has 0 atom stereocenters. The number of nitrogens with zero attached hydrogens (tertiary/aromatic N) is 2. The largest absolute Gasteiger partial charge is 0.384 e. The van der Waals surface area contributed by atoms with Crippen LogP contribution in [-0.4, -0.2) is 28.5 Å². The van der Waals surface area contributed by atoms with Crippen LogP contribution in [0.25, 0.3) is 0 Å². The number of thioether (sulfide) groups is 1. The van der Waals surface area contributed by atoms with Gasteiger partial charge in [0.1, 0.15) is 18.0 Å². The van der Waals surface area contributed by atoms with Crippen LogP contribution in [0, 0.1) is 0 Å². The second-order valence-corrected chi connectivity index (χ2v) is 4.65. The van der Waals surface area contributed by atoms with Crippen molar-refractivity contribution in [2.75, 3.05) is 29.6 Å². The highest BCUT2D eigenvalue weighted by molar-refractivity contribution is 7.98. The number of rotatable bonds is 8. The first kappa shape index (κ1) is 13.1. The first-order chi connectivity index (χ1) is 7.83. The fourth-order valence-corrected chi connectivity index (χ4v) is 1.90. The molecule has 0 saturated heterocycles. The number of hydrogen-bond acceptors (Lipinski definition) is 5. The van der Waals surface area contributed by atoms with Crippen LogP contribution in [0.5, 0.6) is 0 Å². The summed E-state index contributed by atoms with van der Waals surface area (Å²) in [4.78, 5) is 7.92. The number of hydrogen-bond donors (Lipinski definition) is 2. The lowest BCUT2D eigenvalue weighted by Gasteiger charge is -2.05. The molecule has 0 aliphatic rings. The molecule has 1 aromatic heterocycles.